The first-order valence-electron chi connectivity index (χ1n) is 9.72. The molecule has 0 spiro atoms. The number of ether oxygens (including phenoxy) is 2. The molecule has 0 unspecified atom stereocenters. The summed E-state index contributed by atoms with van der Waals surface area (Å²) in [6.45, 7) is -0.725. The van der Waals surface area contributed by atoms with E-state index in [2.05, 4.69) is 0 Å². The zero-order chi connectivity index (χ0) is 23.3. The predicted molar refractivity (Wildman–Crippen MR) is 104 cm³/mol. The standard InChI is InChI=1S/C21H22O11/c22-6-11-14(26)16(28)18(30)21(31-11)13-10(25)5-9(24)12-15(27)17(29)19(32-20(12)13)7-1-3-8(23)4-2-7/h1-5,11,14,16-19,21-26,28-30H,6H2/t11-,14+,16+,17+,18-,19-,21+/m1/s1. The molecule has 0 aromatic heterocycles. The maximum atomic E-state index is 12.9. The number of benzene rings is 2. The van der Waals surface area contributed by atoms with Crippen LogP contribution in [0.1, 0.15) is 33.7 Å². The van der Waals surface area contributed by atoms with Crippen LogP contribution in [0.3, 0.4) is 0 Å². The van der Waals surface area contributed by atoms with Gasteiger partial charge in [0.1, 0.15) is 59.1 Å². The molecule has 2 aromatic carbocycles. The number of phenolic OH excluding ortho intramolecular Hbond substituents is 3. The number of aliphatic hydroxyl groups is 5. The van der Waals surface area contributed by atoms with Gasteiger partial charge in [0, 0.05) is 6.07 Å². The summed E-state index contributed by atoms with van der Waals surface area (Å²) in [4.78, 5) is 12.9. The molecule has 0 radical (unpaired) electrons. The molecular formula is C21H22O11. The van der Waals surface area contributed by atoms with Crippen molar-refractivity contribution in [2.24, 2.45) is 0 Å². The number of aromatic hydroxyl groups is 3. The minimum Gasteiger partial charge on any atom is -0.508 e. The summed E-state index contributed by atoms with van der Waals surface area (Å²) in [6.07, 6.45) is -11.2. The Kier molecular flexibility index (Phi) is 5.71. The maximum absolute atomic E-state index is 12.9. The molecule has 7 atom stereocenters. The molecule has 172 valence electrons. The van der Waals surface area contributed by atoms with Gasteiger partial charge in [-0.15, -0.1) is 0 Å². The number of phenols is 3. The van der Waals surface area contributed by atoms with E-state index in [1.165, 1.54) is 24.3 Å². The Morgan fingerprint density at radius 3 is 2.12 bits per heavy atom. The second-order valence-electron chi connectivity index (χ2n) is 7.72. The molecule has 32 heavy (non-hydrogen) atoms. The van der Waals surface area contributed by atoms with Gasteiger partial charge in [0.15, 0.2) is 12.2 Å². The van der Waals surface area contributed by atoms with Crippen LogP contribution in [0.15, 0.2) is 30.3 Å². The van der Waals surface area contributed by atoms with Gasteiger partial charge >= 0.3 is 0 Å². The number of hydrogen-bond donors (Lipinski definition) is 8. The van der Waals surface area contributed by atoms with Crippen LogP contribution in [0.25, 0.3) is 0 Å². The average molecular weight is 450 g/mol. The number of ketones is 1. The summed E-state index contributed by atoms with van der Waals surface area (Å²) in [7, 11) is 0. The number of carbonyl (C=O) groups is 1. The molecule has 11 nitrogen and oxygen atoms in total. The summed E-state index contributed by atoms with van der Waals surface area (Å²) in [5, 5.41) is 80.9. The van der Waals surface area contributed by atoms with Crippen LogP contribution in [-0.2, 0) is 4.74 Å². The van der Waals surface area contributed by atoms with E-state index in [-0.39, 0.29) is 16.9 Å². The van der Waals surface area contributed by atoms with Gasteiger partial charge < -0.3 is 50.3 Å². The quantitative estimate of drug-likeness (QED) is 0.285. The lowest BCUT2D eigenvalue weighted by Gasteiger charge is -2.41. The van der Waals surface area contributed by atoms with Gasteiger partial charge in [-0.3, -0.25) is 4.79 Å². The molecule has 2 aliphatic heterocycles. The van der Waals surface area contributed by atoms with Gasteiger partial charge in [-0.25, -0.2) is 0 Å². The summed E-state index contributed by atoms with van der Waals surface area (Å²) in [6, 6.07) is 6.22. The first-order chi connectivity index (χ1) is 15.1. The van der Waals surface area contributed by atoms with Crippen molar-refractivity contribution in [3.05, 3.63) is 47.0 Å². The third-order valence-corrected chi connectivity index (χ3v) is 5.72. The number of aliphatic hydroxyl groups excluding tert-OH is 5. The van der Waals surface area contributed by atoms with Gasteiger partial charge in [0.2, 0.25) is 5.78 Å². The van der Waals surface area contributed by atoms with Crippen LogP contribution >= 0.6 is 0 Å². The third kappa shape index (κ3) is 3.45. The molecule has 11 heteroatoms. The summed E-state index contributed by atoms with van der Waals surface area (Å²) in [5.74, 6) is -2.76. The molecule has 0 amide bonds. The lowest BCUT2D eigenvalue weighted by atomic mass is 9.86. The monoisotopic (exact) mass is 450 g/mol. The fourth-order valence-electron chi connectivity index (χ4n) is 4.01. The zero-order valence-corrected chi connectivity index (χ0v) is 16.4. The smallest absolute Gasteiger partial charge is 0.202 e. The van der Waals surface area contributed by atoms with E-state index in [0.717, 1.165) is 6.07 Å². The van der Waals surface area contributed by atoms with E-state index in [1.807, 2.05) is 0 Å². The van der Waals surface area contributed by atoms with E-state index >= 15 is 0 Å². The van der Waals surface area contributed by atoms with Crippen LogP contribution in [0.5, 0.6) is 23.0 Å². The van der Waals surface area contributed by atoms with E-state index in [9.17, 15) is 45.6 Å². The van der Waals surface area contributed by atoms with Crippen LogP contribution in [0.2, 0.25) is 0 Å². The first-order valence-corrected chi connectivity index (χ1v) is 9.72. The third-order valence-electron chi connectivity index (χ3n) is 5.72. The van der Waals surface area contributed by atoms with Crippen LogP contribution in [0.4, 0.5) is 0 Å². The van der Waals surface area contributed by atoms with Gasteiger partial charge in [0.25, 0.3) is 0 Å². The first kappa shape index (κ1) is 22.3. The molecule has 2 aliphatic rings. The van der Waals surface area contributed by atoms with Crippen molar-refractivity contribution in [3.63, 3.8) is 0 Å². The van der Waals surface area contributed by atoms with Gasteiger partial charge in [0.05, 0.1) is 12.2 Å². The lowest BCUT2D eigenvalue weighted by molar-refractivity contribution is -0.232. The highest BCUT2D eigenvalue weighted by Gasteiger charge is 2.48. The van der Waals surface area contributed by atoms with Gasteiger partial charge in [-0.05, 0) is 17.7 Å². The number of hydrogen-bond acceptors (Lipinski definition) is 11. The van der Waals surface area contributed by atoms with E-state index in [4.69, 9.17) is 9.47 Å². The Bertz CT molecular complexity index is 1020. The molecule has 0 bridgehead atoms. The number of rotatable bonds is 3. The van der Waals surface area contributed by atoms with Crippen molar-refractivity contribution < 1.29 is 55.1 Å². The van der Waals surface area contributed by atoms with Crippen molar-refractivity contribution in [2.75, 3.05) is 6.61 Å². The van der Waals surface area contributed by atoms with Crippen LogP contribution in [0, 0.1) is 0 Å². The molecule has 0 aliphatic carbocycles. The number of carbonyl (C=O) groups excluding carboxylic acids is 1. The molecule has 1 saturated heterocycles. The van der Waals surface area contributed by atoms with Crippen molar-refractivity contribution in [1.29, 1.82) is 0 Å². The molecule has 8 N–H and O–H groups in total. The fourth-order valence-corrected chi connectivity index (χ4v) is 4.01. The van der Waals surface area contributed by atoms with Crippen molar-refractivity contribution in [3.8, 4) is 23.0 Å². The Morgan fingerprint density at radius 2 is 1.50 bits per heavy atom. The van der Waals surface area contributed by atoms with Crippen molar-refractivity contribution in [1.82, 2.24) is 0 Å². The number of Topliss-reactive ketones (excluding diaryl/α,β-unsaturated/α-hetero) is 1. The molecule has 2 aromatic rings. The topological polar surface area (TPSA) is 197 Å². The second-order valence-corrected chi connectivity index (χ2v) is 7.72. The maximum Gasteiger partial charge on any atom is 0.202 e. The second kappa shape index (κ2) is 8.20. The Hall–Kier alpha value is -2.93. The molecule has 1 fully saturated rings. The number of fused-ring (bicyclic) bond motifs is 1. The molecule has 4 rings (SSSR count). The largest absolute Gasteiger partial charge is 0.508 e. The molecule has 2 heterocycles. The zero-order valence-electron chi connectivity index (χ0n) is 16.4. The van der Waals surface area contributed by atoms with E-state index in [0.29, 0.717) is 0 Å². The highest BCUT2D eigenvalue weighted by atomic mass is 16.5. The van der Waals surface area contributed by atoms with E-state index in [1.54, 1.807) is 0 Å². The SMILES string of the molecule is O=C1c2c(O)cc(O)c([C@@H]3O[C@H](CO)[C@H](O)[C@H](O)[C@H]3O)c2O[C@H](c2ccc(O)cc2)[C@H]1O. The predicted octanol–water partition coefficient (Wildman–Crippen LogP) is -1.00. The highest BCUT2D eigenvalue weighted by Crippen LogP contribution is 2.50. The minimum atomic E-state index is -1.80. The highest BCUT2D eigenvalue weighted by molar-refractivity contribution is 6.06. The summed E-state index contributed by atoms with van der Waals surface area (Å²) >= 11 is 0. The Balaban J connectivity index is 1.85. The minimum absolute atomic E-state index is 0.0666. The summed E-state index contributed by atoms with van der Waals surface area (Å²) in [5.41, 5.74) is -0.507. The van der Waals surface area contributed by atoms with Crippen LogP contribution < -0.4 is 4.74 Å². The van der Waals surface area contributed by atoms with Gasteiger partial charge in [-0.2, -0.15) is 0 Å². The van der Waals surface area contributed by atoms with Gasteiger partial charge in [-0.1, -0.05) is 12.1 Å². The normalized spacial score (nSPS) is 32.3. The Morgan fingerprint density at radius 1 is 0.844 bits per heavy atom. The fraction of sp³-hybridized carbons (Fsp3) is 0.381. The molecular weight excluding hydrogens is 428 g/mol. The van der Waals surface area contributed by atoms with E-state index < -0.39 is 77.9 Å². The summed E-state index contributed by atoms with van der Waals surface area (Å²) < 4.78 is 11.3. The Labute approximate surface area is 181 Å². The lowest BCUT2D eigenvalue weighted by Crippen LogP contribution is -2.55. The average Bonchev–Trinajstić information content (AvgIpc) is 2.76. The van der Waals surface area contributed by atoms with Crippen molar-refractivity contribution in [2.45, 2.75) is 42.7 Å². The van der Waals surface area contributed by atoms with Crippen LogP contribution in [-0.4, -0.2) is 83.8 Å². The molecule has 0 saturated carbocycles. The van der Waals surface area contributed by atoms with Crippen molar-refractivity contribution >= 4 is 5.78 Å².